The van der Waals surface area contributed by atoms with Crippen LogP contribution in [0, 0.1) is 0 Å². The van der Waals surface area contributed by atoms with Crippen LogP contribution in [0.3, 0.4) is 0 Å². The van der Waals surface area contributed by atoms with Gasteiger partial charge in [0.15, 0.2) is 0 Å². The molecule has 0 heterocycles. The smallest absolute Gasteiger partial charge is 0.0600 e. The first-order valence-corrected chi connectivity index (χ1v) is 6.78. The van der Waals surface area contributed by atoms with Gasteiger partial charge in [-0.2, -0.15) is 0 Å². The summed E-state index contributed by atoms with van der Waals surface area (Å²) >= 11 is 0. The van der Waals surface area contributed by atoms with Gasteiger partial charge in [0.2, 0.25) is 0 Å². The molecule has 0 fully saturated rings. The third kappa shape index (κ3) is 2.32. The number of nitrogen functional groups attached to an aromatic ring is 1. The Morgan fingerprint density at radius 3 is 2.40 bits per heavy atom. The molecule has 100 valence electrons. The van der Waals surface area contributed by atoms with Crippen LogP contribution in [0.1, 0.15) is 5.56 Å². The highest BCUT2D eigenvalue weighted by Gasteiger charge is 2.07. The normalized spacial score (nSPS) is 10.7. The van der Waals surface area contributed by atoms with E-state index in [1.54, 1.807) is 0 Å². The molecular weight excluding hydrogens is 244 g/mol. The fourth-order valence-corrected chi connectivity index (χ4v) is 2.61. The number of hydrogen-bond acceptors (Lipinski definition) is 2. The third-order valence-electron chi connectivity index (χ3n) is 3.64. The topological polar surface area (TPSA) is 29.3 Å². The fourth-order valence-electron chi connectivity index (χ4n) is 2.61. The Hall–Kier alpha value is -2.48. The molecule has 20 heavy (non-hydrogen) atoms. The molecule has 0 saturated heterocycles. The molecule has 0 radical (unpaired) electrons. The van der Waals surface area contributed by atoms with Gasteiger partial charge in [-0.1, -0.05) is 54.6 Å². The number of para-hydroxylation sites is 2. The van der Waals surface area contributed by atoms with Crippen LogP contribution >= 0.6 is 0 Å². The van der Waals surface area contributed by atoms with Crippen molar-refractivity contribution in [3.05, 3.63) is 72.3 Å². The lowest BCUT2D eigenvalue weighted by molar-refractivity contribution is 0.932. The fraction of sp³-hybridized carbons (Fsp3) is 0.111. The average molecular weight is 262 g/mol. The van der Waals surface area contributed by atoms with Gasteiger partial charge in [0, 0.05) is 13.6 Å². The van der Waals surface area contributed by atoms with E-state index in [0.29, 0.717) is 0 Å². The maximum atomic E-state index is 6.05. The molecule has 3 aromatic rings. The van der Waals surface area contributed by atoms with E-state index in [2.05, 4.69) is 60.5 Å². The lowest BCUT2D eigenvalue weighted by Crippen LogP contribution is -2.17. The van der Waals surface area contributed by atoms with Crippen LogP contribution in [0.2, 0.25) is 0 Å². The number of nitrogens with zero attached hydrogens (tertiary/aromatic N) is 1. The van der Waals surface area contributed by atoms with Crippen LogP contribution in [0.4, 0.5) is 11.4 Å². The maximum absolute atomic E-state index is 6.05. The number of hydrogen-bond donors (Lipinski definition) is 1. The second-order valence-corrected chi connectivity index (χ2v) is 5.05. The highest BCUT2D eigenvalue weighted by Crippen LogP contribution is 2.25. The van der Waals surface area contributed by atoms with E-state index >= 15 is 0 Å². The molecular formula is C18H18N2. The van der Waals surface area contributed by atoms with Crippen LogP contribution in [-0.4, -0.2) is 7.05 Å². The van der Waals surface area contributed by atoms with E-state index in [9.17, 15) is 0 Å². The van der Waals surface area contributed by atoms with Gasteiger partial charge in [0.25, 0.3) is 0 Å². The molecule has 3 aromatic carbocycles. The van der Waals surface area contributed by atoms with Crippen LogP contribution in [0.25, 0.3) is 10.8 Å². The molecule has 0 aliphatic carbocycles. The minimum atomic E-state index is 0.815. The van der Waals surface area contributed by atoms with Crippen LogP contribution < -0.4 is 10.6 Å². The van der Waals surface area contributed by atoms with Gasteiger partial charge in [-0.05, 0) is 28.5 Å². The molecule has 0 amide bonds. The third-order valence-corrected chi connectivity index (χ3v) is 3.64. The number of nitrogens with two attached hydrogens (primary N) is 1. The standard InChI is InChI=1S/C18H18N2/c1-20(18-12-5-4-11-17(18)19)13-15-9-6-8-14-7-2-3-10-16(14)15/h2-12H,13,19H2,1H3. The zero-order valence-corrected chi connectivity index (χ0v) is 11.6. The lowest BCUT2D eigenvalue weighted by atomic mass is 10.0. The van der Waals surface area contributed by atoms with Crippen molar-refractivity contribution >= 4 is 22.1 Å². The highest BCUT2D eigenvalue weighted by molar-refractivity contribution is 5.86. The van der Waals surface area contributed by atoms with E-state index in [-0.39, 0.29) is 0 Å². The SMILES string of the molecule is CN(Cc1cccc2ccccc12)c1ccccc1N. The Kier molecular flexibility index (Phi) is 3.30. The summed E-state index contributed by atoms with van der Waals surface area (Å²) in [5, 5.41) is 2.58. The molecule has 2 heteroatoms. The molecule has 0 spiro atoms. The molecule has 0 saturated carbocycles. The number of fused-ring (bicyclic) bond motifs is 1. The molecule has 0 aliphatic rings. The van der Waals surface area contributed by atoms with Gasteiger partial charge in [0.05, 0.1) is 11.4 Å². The van der Waals surface area contributed by atoms with Crippen molar-refractivity contribution in [2.24, 2.45) is 0 Å². The van der Waals surface area contributed by atoms with E-state index < -0.39 is 0 Å². The van der Waals surface area contributed by atoms with Gasteiger partial charge < -0.3 is 10.6 Å². The number of anilines is 2. The predicted octanol–water partition coefficient (Wildman–Crippen LogP) is 4.06. The molecule has 2 N–H and O–H groups in total. The summed E-state index contributed by atoms with van der Waals surface area (Å²) in [5.41, 5.74) is 9.24. The Morgan fingerprint density at radius 1 is 0.850 bits per heavy atom. The molecule has 0 aliphatic heterocycles. The second kappa shape index (κ2) is 5.25. The summed E-state index contributed by atoms with van der Waals surface area (Å²) in [6.07, 6.45) is 0. The molecule has 0 aromatic heterocycles. The van der Waals surface area contributed by atoms with Crippen molar-refractivity contribution in [3.63, 3.8) is 0 Å². The van der Waals surface area contributed by atoms with Crippen molar-refractivity contribution in [1.29, 1.82) is 0 Å². The van der Waals surface area contributed by atoms with Crippen LogP contribution in [0.5, 0.6) is 0 Å². The van der Waals surface area contributed by atoms with Crippen molar-refractivity contribution < 1.29 is 0 Å². The Bertz CT molecular complexity index is 729. The summed E-state index contributed by atoms with van der Waals surface area (Å²) in [4.78, 5) is 2.19. The predicted molar refractivity (Wildman–Crippen MR) is 86.9 cm³/mol. The summed E-state index contributed by atoms with van der Waals surface area (Å²) in [5.74, 6) is 0. The second-order valence-electron chi connectivity index (χ2n) is 5.05. The van der Waals surface area contributed by atoms with E-state index in [4.69, 9.17) is 5.73 Å². The van der Waals surface area contributed by atoms with Crippen molar-refractivity contribution in [3.8, 4) is 0 Å². The van der Waals surface area contributed by atoms with E-state index in [1.165, 1.54) is 16.3 Å². The number of benzene rings is 3. The van der Waals surface area contributed by atoms with Crippen LogP contribution in [-0.2, 0) is 6.54 Å². The zero-order valence-electron chi connectivity index (χ0n) is 11.6. The van der Waals surface area contributed by atoms with Gasteiger partial charge >= 0.3 is 0 Å². The minimum absolute atomic E-state index is 0.815. The Labute approximate surface area is 119 Å². The summed E-state index contributed by atoms with van der Waals surface area (Å²) in [6, 6.07) is 22.9. The van der Waals surface area contributed by atoms with E-state index in [1.807, 2.05) is 18.2 Å². The van der Waals surface area contributed by atoms with Crippen molar-refractivity contribution in [2.45, 2.75) is 6.54 Å². The first kappa shape index (κ1) is 12.5. The first-order valence-electron chi connectivity index (χ1n) is 6.78. The summed E-state index contributed by atoms with van der Waals surface area (Å²) in [6.45, 7) is 0.843. The highest BCUT2D eigenvalue weighted by atomic mass is 15.1. The van der Waals surface area contributed by atoms with E-state index in [0.717, 1.165) is 17.9 Å². The lowest BCUT2D eigenvalue weighted by Gasteiger charge is -2.22. The van der Waals surface area contributed by atoms with Gasteiger partial charge in [-0.25, -0.2) is 0 Å². The maximum Gasteiger partial charge on any atom is 0.0600 e. The first-order chi connectivity index (χ1) is 9.75. The summed E-state index contributed by atoms with van der Waals surface area (Å²) < 4.78 is 0. The molecule has 3 rings (SSSR count). The van der Waals surface area contributed by atoms with Gasteiger partial charge in [0.1, 0.15) is 0 Å². The number of rotatable bonds is 3. The molecule has 0 bridgehead atoms. The molecule has 0 atom stereocenters. The van der Waals surface area contributed by atoms with Crippen molar-refractivity contribution in [1.82, 2.24) is 0 Å². The molecule has 2 nitrogen and oxygen atoms in total. The average Bonchev–Trinajstić information content (AvgIpc) is 2.48. The summed E-state index contributed by atoms with van der Waals surface area (Å²) in [7, 11) is 2.08. The Balaban J connectivity index is 1.96. The van der Waals surface area contributed by atoms with Gasteiger partial charge in [-0.3, -0.25) is 0 Å². The quantitative estimate of drug-likeness (QED) is 0.721. The zero-order chi connectivity index (χ0) is 13.9. The Morgan fingerprint density at radius 2 is 1.55 bits per heavy atom. The van der Waals surface area contributed by atoms with Gasteiger partial charge in [-0.15, -0.1) is 0 Å². The minimum Gasteiger partial charge on any atom is -0.397 e. The van der Waals surface area contributed by atoms with Crippen LogP contribution in [0.15, 0.2) is 66.7 Å². The van der Waals surface area contributed by atoms with Crippen molar-refractivity contribution in [2.75, 3.05) is 17.7 Å². The largest absolute Gasteiger partial charge is 0.397 e. The molecule has 0 unspecified atom stereocenters. The monoisotopic (exact) mass is 262 g/mol.